The molecule has 0 saturated heterocycles. The fourth-order valence-corrected chi connectivity index (χ4v) is 2.24. The van der Waals surface area contributed by atoms with Crippen LogP contribution in [0.25, 0.3) is 0 Å². The van der Waals surface area contributed by atoms with E-state index in [9.17, 15) is 4.79 Å². The SMILES string of the molecule is CCCCOCCCNC(=O)Nc1cccc(C#Cc2ccccc2)c1. The number of ether oxygens (including phenoxy) is 1. The highest BCUT2D eigenvalue weighted by molar-refractivity contribution is 5.89. The molecule has 26 heavy (non-hydrogen) atoms. The van der Waals surface area contributed by atoms with Crippen LogP contribution in [-0.4, -0.2) is 25.8 Å². The zero-order chi connectivity index (χ0) is 18.5. The lowest BCUT2D eigenvalue weighted by atomic mass is 10.1. The van der Waals surface area contributed by atoms with Gasteiger partial charge in [0.1, 0.15) is 0 Å². The molecule has 0 radical (unpaired) electrons. The molecule has 2 rings (SSSR count). The van der Waals surface area contributed by atoms with Crippen LogP contribution in [-0.2, 0) is 4.74 Å². The van der Waals surface area contributed by atoms with Crippen LogP contribution in [0.2, 0.25) is 0 Å². The van der Waals surface area contributed by atoms with E-state index in [0.717, 1.165) is 42.7 Å². The predicted molar refractivity (Wildman–Crippen MR) is 106 cm³/mol. The third-order valence-electron chi connectivity index (χ3n) is 3.64. The third kappa shape index (κ3) is 7.87. The minimum atomic E-state index is -0.216. The number of unbranched alkanes of at least 4 members (excludes halogenated alkanes) is 1. The second-order valence-electron chi connectivity index (χ2n) is 5.90. The number of hydrogen-bond donors (Lipinski definition) is 2. The number of carbonyl (C=O) groups is 1. The van der Waals surface area contributed by atoms with Gasteiger partial charge in [0.25, 0.3) is 0 Å². The summed E-state index contributed by atoms with van der Waals surface area (Å²) >= 11 is 0. The van der Waals surface area contributed by atoms with Crippen molar-refractivity contribution in [2.24, 2.45) is 0 Å². The topological polar surface area (TPSA) is 50.4 Å². The molecule has 4 heteroatoms. The molecule has 2 aromatic rings. The van der Waals surface area contributed by atoms with E-state index in [-0.39, 0.29) is 6.03 Å². The van der Waals surface area contributed by atoms with Crippen molar-refractivity contribution in [3.8, 4) is 11.8 Å². The molecule has 0 aliphatic heterocycles. The van der Waals surface area contributed by atoms with Gasteiger partial charge in [-0.15, -0.1) is 0 Å². The Hall–Kier alpha value is -2.77. The molecule has 0 unspecified atom stereocenters. The maximum atomic E-state index is 11.9. The van der Waals surface area contributed by atoms with Crippen molar-refractivity contribution >= 4 is 11.7 Å². The van der Waals surface area contributed by atoms with Crippen LogP contribution in [0.3, 0.4) is 0 Å². The maximum Gasteiger partial charge on any atom is 0.319 e. The summed E-state index contributed by atoms with van der Waals surface area (Å²) in [6.07, 6.45) is 3.02. The molecule has 0 saturated carbocycles. The van der Waals surface area contributed by atoms with E-state index in [2.05, 4.69) is 29.4 Å². The molecule has 0 aromatic heterocycles. The van der Waals surface area contributed by atoms with Crippen LogP contribution in [0.1, 0.15) is 37.3 Å². The molecule has 4 nitrogen and oxygen atoms in total. The van der Waals surface area contributed by atoms with Crippen LogP contribution in [0.4, 0.5) is 10.5 Å². The molecule has 0 atom stereocenters. The van der Waals surface area contributed by atoms with Crippen molar-refractivity contribution in [1.82, 2.24) is 5.32 Å². The molecule has 0 spiro atoms. The molecule has 2 amide bonds. The summed E-state index contributed by atoms with van der Waals surface area (Å²) < 4.78 is 5.47. The van der Waals surface area contributed by atoms with E-state index in [1.165, 1.54) is 0 Å². The lowest BCUT2D eigenvalue weighted by Gasteiger charge is -2.08. The minimum absolute atomic E-state index is 0.216. The number of carbonyl (C=O) groups excluding carboxylic acids is 1. The first kappa shape index (κ1) is 19.6. The van der Waals surface area contributed by atoms with E-state index < -0.39 is 0 Å². The van der Waals surface area contributed by atoms with E-state index in [1.54, 1.807) is 0 Å². The highest BCUT2D eigenvalue weighted by atomic mass is 16.5. The minimum Gasteiger partial charge on any atom is -0.381 e. The number of benzene rings is 2. The molecular formula is C22H26N2O2. The van der Waals surface area contributed by atoms with Gasteiger partial charge in [-0.25, -0.2) is 4.79 Å². The van der Waals surface area contributed by atoms with E-state index in [0.29, 0.717) is 13.2 Å². The van der Waals surface area contributed by atoms with Crippen molar-refractivity contribution in [3.05, 3.63) is 65.7 Å². The predicted octanol–water partition coefficient (Wildman–Crippen LogP) is 4.41. The summed E-state index contributed by atoms with van der Waals surface area (Å²) in [5.41, 5.74) is 2.54. The second kappa shape index (κ2) is 11.7. The van der Waals surface area contributed by atoms with Crippen LogP contribution >= 0.6 is 0 Å². The Morgan fingerprint density at radius 3 is 2.50 bits per heavy atom. The Morgan fingerprint density at radius 2 is 1.69 bits per heavy atom. The first-order valence-corrected chi connectivity index (χ1v) is 9.07. The van der Waals surface area contributed by atoms with Gasteiger partial charge in [0, 0.05) is 36.6 Å². The average Bonchev–Trinajstić information content (AvgIpc) is 2.67. The molecule has 0 aliphatic rings. The molecule has 0 heterocycles. The number of amides is 2. The maximum absolute atomic E-state index is 11.9. The van der Waals surface area contributed by atoms with Gasteiger partial charge in [0.05, 0.1) is 0 Å². The quantitative estimate of drug-likeness (QED) is 0.547. The van der Waals surface area contributed by atoms with Gasteiger partial charge in [-0.1, -0.05) is 49.5 Å². The van der Waals surface area contributed by atoms with Gasteiger partial charge in [0.15, 0.2) is 0 Å². The van der Waals surface area contributed by atoms with E-state index >= 15 is 0 Å². The zero-order valence-electron chi connectivity index (χ0n) is 15.3. The Balaban J connectivity index is 1.76. The summed E-state index contributed by atoms with van der Waals surface area (Å²) in [5.74, 6) is 6.22. The normalized spacial score (nSPS) is 9.88. The number of anilines is 1. The molecule has 0 fully saturated rings. The first-order chi connectivity index (χ1) is 12.8. The molecule has 0 aliphatic carbocycles. The van der Waals surface area contributed by atoms with Crippen molar-refractivity contribution in [2.75, 3.05) is 25.1 Å². The highest BCUT2D eigenvalue weighted by Crippen LogP contribution is 2.10. The molecule has 136 valence electrons. The van der Waals surface area contributed by atoms with Crippen LogP contribution < -0.4 is 10.6 Å². The Labute approximate surface area is 156 Å². The summed E-state index contributed by atoms with van der Waals surface area (Å²) in [4.78, 5) is 11.9. The summed E-state index contributed by atoms with van der Waals surface area (Å²) in [6.45, 7) is 4.19. The number of rotatable bonds is 8. The highest BCUT2D eigenvalue weighted by Gasteiger charge is 2.01. The van der Waals surface area contributed by atoms with Gasteiger partial charge in [-0.2, -0.15) is 0 Å². The Bertz CT molecular complexity index is 733. The fraction of sp³-hybridized carbons (Fsp3) is 0.318. The Morgan fingerprint density at radius 1 is 0.962 bits per heavy atom. The summed E-state index contributed by atoms with van der Waals surface area (Å²) in [7, 11) is 0. The van der Waals surface area contributed by atoms with Crippen molar-refractivity contribution in [2.45, 2.75) is 26.2 Å². The van der Waals surface area contributed by atoms with Gasteiger partial charge in [0.2, 0.25) is 0 Å². The van der Waals surface area contributed by atoms with E-state index in [4.69, 9.17) is 4.74 Å². The van der Waals surface area contributed by atoms with Crippen LogP contribution in [0, 0.1) is 11.8 Å². The number of nitrogens with one attached hydrogen (secondary N) is 2. The monoisotopic (exact) mass is 350 g/mol. The van der Waals surface area contributed by atoms with Gasteiger partial charge < -0.3 is 15.4 Å². The standard InChI is InChI=1S/C22H26N2O2/c1-2-3-16-26-17-8-15-23-22(25)24-21-12-7-11-20(18-21)14-13-19-9-5-4-6-10-19/h4-7,9-12,18H,2-3,8,15-17H2,1H3,(H2,23,24,25). The zero-order valence-corrected chi connectivity index (χ0v) is 15.3. The fourth-order valence-electron chi connectivity index (χ4n) is 2.24. The molecule has 2 N–H and O–H groups in total. The van der Waals surface area contributed by atoms with Crippen molar-refractivity contribution in [1.29, 1.82) is 0 Å². The van der Waals surface area contributed by atoms with Gasteiger partial charge >= 0.3 is 6.03 Å². The second-order valence-corrected chi connectivity index (χ2v) is 5.90. The first-order valence-electron chi connectivity index (χ1n) is 9.07. The lowest BCUT2D eigenvalue weighted by Crippen LogP contribution is -2.30. The van der Waals surface area contributed by atoms with Crippen molar-refractivity contribution in [3.63, 3.8) is 0 Å². The summed E-state index contributed by atoms with van der Waals surface area (Å²) in [5, 5.41) is 5.67. The molecule has 0 bridgehead atoms. The lowest BCUT2D eigenvalue weighted by molar-refractivity contribution is 0.129. The average molecular weight is 350 g/mol. The Kier molecular flexibility index (Phi) is 8.82. The number of hydrogen-bond acceptors (Lipinski definition) is 2. The van der Waals surface area contributed by atoms with Crippen LogP contribution in [0.5, 0.6) is 0 Å². The number of urea groups is 1. The largest absolute Gasteiger partial charge is 0.381 e. The van der Waals surface area contributed by atoms with Gasteiger partial charge in [-0.3, -0.25) is 0 Å². The molecular weight excluding hydrogens is 324 g/mol. The summed E-state index contributed by atoms with van der Waals surface area (Å²) in [6, 6.07) is 17.1. The van der Waals surface area contributed by atoms with Crippen molar-refractivity contribution < 1.29 is 9.53 Å². The van der Waals surface area contributed by atoms with Gasteiger partial charge in [-0.05, 0) is 43.2 Å². The van der Waals surface area contributed by atoms with Crippen LogP contribution in [0.15, 0.2) is 54.6 Å². The smallest absolute Gasteiger partial charge is 0.319 e. The van der Waals surface area contributed by atoms with E-state index in [1.807, 2.05) is 54.6 Å². The molecule has 2 aromatic carbocycles. The third-order valence-corrected chi connectivity index (χ3v) is 3.64.